The average molecular weight is 285 g/mol. The number of aromatic nitrogens is 1. The van der Waals surface area contributed by atoms with E-state index in [-0.39, 0.29) is 12.0 Å². The molecule has 1 amide bonds. The molecule has 1 atom stereocenters. The Morgan fingerprint density at radius 2 is 2.50 bits per heavy atom. The van der Waals surface area contributed by atoms with E-state index in [0.29, 0.717) is 12.4 Å². The summed E-state index contributed by atoms with van der Waals surface area (Å²) in [6.07, 6.45) is 3.08. The molecule has 0 aromatic carbocycles. The molecule has 0 spiro atoms. The second kappa shape index (κ2) is 4.93. The van der Waals surface area contributed by atoms with E-state index in [1.165, 1.54) is 0 Å². The third kappa shape index (κ3) is 2.41. The Morgan fingerprint density at radius 1 is 1.69 bits per heavy atom. The van der Waals surface area contributed by atoms with Crippen molar-refractivity contribution in [3.63, 3.8) is 0 Å². The van der Waals surface area contributed by atoms with Gasteiger partial charge in [0.2, 0.25) is 0 Å². The van der Waals surface area contributed by atoms with E-state index in [2.05, 4.69) is 26.2 Å². The summed E-state index contributed by atoms with van der Waals surface area (Å²) in [5.74, 6) is 0.441. The van der Waals surface area contributed by atoms with Crippen molar-refractivity contribution >= 4 is 27.7 Å². The highest BCUT2D eigenvalue weighted by Gasteiger charge is 2.24. The Balaban J connectivity index is 2.08. The number of amides is 1. The van der Waals surface area contributed by atoms with Crippen LogP contribution in [0.25, 0.3) is 0 Å². The first-order valence-electron chi connectivity index (χ1n) is 5.22. The fraction of sp³-hybridized carbons (Fsp3) is 0.455. The topological polar surface area (TPSA) is 51.2 Å². The van der Waals surface area contributed by atoms with Gasteiger partial charge in [0.25, 0.3) is 5.91 Å². The number of ether oxygens (including phenoxy) is 1. The fourth-order valence-corrected chi connectivity index (χ4v) is 1.94. The highest BCUT2D eigenvalue weighted by Crippen LogP contribution is 2.24. The minimum Gasteiger partial charge on any atom is -0.368 e. The number of halogens is 1. The number of anilines is 1. The minimum absolute atomic E-state index is 0.115. The van der Waals surface area contributed by atoms with Crippen molar-refractivity contribution in [3.05, 3.63) is 22.3 Å². The first kappa shape index (κ1) is 11.5. The molecule has 2 rings (SSSR count). The van der Waals surface area contributed by atoms with Crippen molar-refractivity contribution in [2.24, 2.45) is 0 Å². The molecule has 1 saturated heterocycles. The van der Waals surface area contributed by atoms with Crippen molar-refractivity contribution in [2.45, 2.75) is 25.9 Å². The Hall–Kier alpha value is -0.940. The van der Waals surface area contributed by atoms with Crippen molar-refractivity contribution in [1.82, 2.24) is 4.98 Å². The van der Waals surface area contributed by atoms with E-state index in [1.807, 2.05) is 13.0 Å². The summed E-state index contributed by atoms with van der Waals surface area (Å²) in [4.78, 5) is 15.9. The lowest BCUT2D eigenvalue weighted by atomic mass is 10.2. The Kier molecular flexibility index (Phi) is 3.56. The van der Waals surface area contributed by atoms with E-state index in [1.54, 1.807) is 6.20 Å². The van der Waals surface area contributed by atoms with Crippen LogP contribution in [0.2, 0.25) is 0 Å². The van der Waals surface area contributed by atoms with E-state index in [4.69, 9.17) is 4.74 Å². The average Bonchev–Trinajstić information content (AvgIpc) is 2.78. The van der Waals surface area contributed by atoms with Crippen LogP contribution in [0.1, 0.15) is 18.4 Å². The SMILES string of the molecule is Cc1ccnc(NC(=O)[C@H]2CCCO2)c1Br. The Labute approximate surface area is 103 Å². The van der Waals surface area contributed by atoms with Crippen LogP contribution in [-0.4, -0.2) is 23.6 Å². The van der Waals surface area contributed by atoms with Crippen LogP contribution >= 0.6 is 15.9 Å². The summed E-state index contributed by atoms with van der Waals surface area (Å²) in [7, 11) is 0. The lowest BCUT2D eigenvalue weighted by Crippen LogP contribution is -2.27. The minimum atomic E-state index is -0.325. The molecular weight excluding hydrogens is 272 g/mol. The molecule has 1 fully saturated rings. The van der Waals surface area contributed by atoms with E-state index >= 15 is 0 Å². The second-order valence-electron chi connectivity index (χ2n) is 3.78. The molecule has 0 radical (unpaired) electrons. The van der Waals surface area contributed by atoms with Crippen molar-refractivity contribution < 1.29 is 9.53 Å². The maximum absolute atomic E-state index is 11.8. The molecule has 2 heterocycles. The summed E-state index contributed by atoms with van der Waals surface area (Å²) in [6.45, 7) is 2.62. The molecular formula is C11H13BrN2O2. The third-order valence-corrected chi connectivity index (χ3v) is 3.55. The van der Waals surface area contributed by atoms with Crippen LogP contribution in [0.5, 0.6) is 0 Å². The van der Waals surface area contributed by atoms with Gasteiger partial charge < -0.3 is 10.1 Å². The zero-order valence-electron chi connectivity index (χ0n) is 9.00. The highest BCUT2D eigenvalue weighted by atomic mass is 79.9. The number of rotatable bonds is 2. The molecule has 0 bridgehead atoms. The molecule has 5 heteroatoms. The van der Waals surface area contributed by atoms with Gasteiger partial charge in [-0.3, -0.25) is 4.79 Å². The van der Waals surface area contributed by atoms with Crippen LogP contribution < -0.4 is 5.32 Å². The number of nitrogens with one attached hydrogen (secondary N) is 1. The van der Waals surface area contributed by atoms with Gasteiger partial charge in [0.05, 0.1) is 4.47 Å². The van der Waals surface area contributed by atoms with Crippen molar-refractivity contribution in [3.8, 4) is 0 Å². The van der Waals surface area contributed by atoms with Gasteiger partial charge in [0.1, 0.15) is 11.9 Å². The quantitative estimate of drug-likeness (QED) is 0.907. The van der Waals surface area contributed by atoms with E-state index in [0.717, 1.165) is 22.9 Å². The lowest BCUT2D eigenvalue weighted by Gasteiger charge is -2.11. The Bertz CT molecular complexity index is 403. The predicted molar refractivity (Wildman–Crippen MR) is 64.3 cm³/mol. The number of nitrogens with zero attached hydrogens (tertiary/aromatic N) is 1. The molecule has 1 aliphatic rings. The summed E-state index contributed by atoms with van der Waals surface area (Å²) >= 11 is 3.40. The van der Waals surface area contributed by atoms with Gasteiger partial charge in [-0.15, -0.1) is 0 Å². The van der Waals surface area contributed by atoms with Gasteiger partial charge in [-0.1, -0.05) is 0 Å². The number of hydrogen-bond donors (Lipinski definition) is 1. The number of aryl methyl sites for hydroxylation is 1. The second-order valence-corrected chi connectivity index (χ2v) is 4.57. The first-order valence-corrected chi connectivity index (χ1v) is 6.01. The molecule has 4 nitrogen and oxygen atoms in total. The van der Waals surface area contributed by atoms with Crippen molar-refractivity contribution in [2.75, 3.05) is 11.9 Å². The van der Waals surface area contributed by atoms with E-state index in [9.17, 15) is 4.79 Å². The predicted octanol–water partition coefficient (Wildman–Crippen LogP) is 2.27. The molecule has 16 heavy (non-hydrogen) atoms. The Morgan fingerprint density at radius 3 is 3.19 bits per heavy atom. The standard InChI is InChI=1S/C11H13BrN2O2/c1-7-4-5-13-10(9(7)12)14-11(15)8-3-2-6-16-8/h4-5,8H,2-3,6H2,1H3,(H,13,14,15)/t8-/m1/s1. The van der Waals surface area contributed by atoms with Crippen LogP contribution in [0, 0.1) is 6.92 Å². The van der Waals surface area contributed by atoms with Crippen molar-refractivity contribution in [1.29, 1.82) is 0 Å². The number of pyridine rings is 1. The van der Waals surface area contributed by atoms with Gasteiger partial charge in [0, 0.05) is 12.8 Å². The molecule has 0 saturated carbocycles. The van der Waals surface area contributed by atoms with Gasteiger partial charge in [-0.05, 0) is 47.3 Å². The van der Waals surface area contributed by atoms with Crippen LogP contribution in [0.15, 0.2) is 16.7 Å². The maximum atomic E-state index is 11.8. The summed E-state index contributed by atoms with van der Waals surface area (Å²) in [6, 6.07) is 1.88. The summed E-state index contributed by atoms with van der Waals surface area (Å²) in [5.41, 5.74) is 1.04. The first-order chi connectivity index (χ1) is 7.68. The van der Waals surface area contributed by atoms with Crippen LogP contribution in [-0.2, 0) is 9.53 Å². The zero-order valence-corrected chi connectivity index (χ0v) is 10.6. The number of carbonyl (C=O) groups is 1. The van der Waals surface area contributed by atoms with Gasteiger partial charge in [-0.2, -0.15) is 0 Å². The largest absolute Gasteiger partial charge is 0.368 e. The zero-order chi connectivity index (χ0) is 11.5. The molecule has 86 valence electrons. The number of carbonyl (C=O) groups excluding carboxylic acids is 1. The third-order valence-electron chi connectivity index (χ3n) is 2.55. The smallest absolute Gasteiger partial charge is 0.254 e. The molecule has 1 aromatic heterocycles. The van der Waals surface area contributed by atoms with Gasteiger partial charge in [0.15, 0.2) is 0 Å². The van der Waals surface area contributed by atoms with Crippen LogP contribution in [0.4, 0.5) is 5.82 Å². The molecule has 1 aliphatic heterocycles. The molecule has 0 aliphatic carbocycles. The lowest BCUT2D eigenvalue weighted by molar-refractivity contribution is -0.124. The fourth-order valence-electron chi connectivity index (χ4n) is 1.61. The number of hydrogen-bond acceptors (Lipinski definition) is 3. The normalized spacial score (nSPS) is 19.8. The van der Waals surface area contributed by atoms with Gasteiger partial charge in [-0.25, -0.2) is 4.98 Å². The summed E-state index contributed by atoms with van der Waals surface area (Å²) < 4.78 is 6.12. The summed E-state index contributed by atoms with van der Waals surface area (Å²) in [5, 5.41) is 2.77. The molecule has 1 N–H and O–H groups in total. The highest BCUT2D eigenvalue weighted by molar-refractivity contribution is 9.10. The van der Waals surface area contributed by atoms with Gasteiger partial charge >= 0.3 is 0 Å². The monoisotopic (exact) mass is 284 g/mol. The molecule has 1 aromatic rings. The van der Waals surface area contributed by atoms with Crippen LogP contribution in [0.3, 0.4) is 0 Å². The maximum Gasteiger partial charge on any atom is 0.254 e. The molecule has 0 unspecified atom stereocenters. The van der Waals surface area contributed by atoms with E-state index < -0.39 is 0 Å².